The fourth-order valence-electron chi connectivity index (χ4n) is 2.92. The van der Waals surface area contributed by atoms with Crippen molar-refractivity contribution in [2.75, 3.05) is 6.61 Å². The van der Waals surface area contributed by atoms with Gasteiger partial charge in [-0.2, -0.15) is 0 Å². The second-order valence-corrected chi connectivity index (χ2v) is 5.64. The van der Waals surface area contributed by atoms with E-state index >= 15 is 0 Å². The van der Waals surface area contributed by atoms with Crippen LogP contribution in [0.3, 0.4) is 0 Å². The predicted octanol–water partition coefficient (Wildman–Crippen LogP) is 2.69. The molecule has 1 saturated carbocycles. The molecule has 0 aromatic carbocycles. The monoisotopic (exact) mass is 279 g/mol. The average Bonchev–Trinajstić information content (AvgIpc) is 2.91. The third-order valence-electron chi connectivity index (χ3n) is 4.26. The Bertz CT molecular complexity index is 423. The van der Waals surface area contributed by atoms with Crippen LogP contribution in [-0.2, 0) is 12.8 Å². The van der Waals surface area contributed by atoms with Gasteiger partial charge in [0.25, 0.3) is 5.91 Å². The Morgan fingerprint density at radius 3 is 2.50 bits per heavy atom. The zero-order chi connectivity index (χ0) is 14.5. The van der Waals surface area contributed by atoms with Crippen molar-refractivity contribution in [3.05, 3.63) is 23.2 Å². The molecule has 1 aromatic rings. The van der Waals surface area contributed by atoms with E-state index in [0.29, 0.717) is 11.7 Å². The van der Waals surface area contributed by atoms with Crippen LogP contribution in [0.4, 0.5) is 0 Å². The smallest absolute Gasteiger partial charge is 0.287 e. The largest absolute Gasteiger partial charge is 0.456 e. The summed E-state index contributed by atoms with van der Waals surface area (Å²) in [5.41, 5.74) is 1.13. The van der Waals surface area contributed by atoms with E-state index in [0.717, 1.165) is 49.8 Å². The predicted molar refractivity (Wildman–Crippen MR) is 77.8 cm³/mol. The van der Waals surface area contributed by atoms with Crippen LogP contribution in [0.2, 0.25) is 0 Å². The first-order valence-electron chi connectivity index (χ1n) is 7.71. The maximum absolute atomic E-state index is 12.2. The first-order valence-corrected chi connectivity index (χ1v) is 7.71. The van der Waals surface area contributed by atoms with Gasteiger partial charge in [-0.1, -0.05) is 13.8 Å². The molecule has 2 N–H and O–H groups in total. The molecule has 4 nitrogen and oxygen atoms in total. The number of nitrogens with one attached hydrogen (secondary N) is 1. The number of carbonyl (C=O) groups is 1. The highest BCUT2D eigenvalue weighted by atomic mass is 16.4. The van der Waals surface area contributed by atoms with E-state index in [2.05, 4.69) is 12.2 Å². The van der Waals surface area contributed by atoms with Crippen molar-refractivity contribution < 1.29 is 14.3 Å². The van der Waals surface area contributed by atoms with Gasteiger partial charge in [0.1, 0.15) is 5.76 Å². The van der Waals surface area contributed by atoms with Gasteiger partial charge in [0.15, 0.2) is 5.76 Å². The van der Waals surface area contributed by atoms with Crippen molar-refractivity contribution in [2.24, 2.45) is 5.92 Å². The van der Waals surface area contributed by atoms with E-state index in [9.17, 15) is 4.79 Å². The molecule has 1 aliphatic rings. The molecule has 0 saturated heterocycles. The third kappa shape index (κ3) is 3.42. The number of furan rings is 1. The number of carbonyl (C=O) groups excluding carboxylic acids is 1. The molecule has 112 valence electrons. The summed E-state index contributed by atoms with van der Waals surface area (Å²) < 4.78 is 5.65. The molecule has 2 rings (SSSR count). The minimum atomic E-state index is -0.105. The van der Waals surface area contributed by atoms with Crippen molar-refractivity contribution in [3.8, 4) is 0 Å². The lowest BCUT2D eigenvalue weighted by Crippen LogP contribution is -2.37. The summed E-state index contributed by atoms with van der Waals surface area (Å²) in [5.74, 6) is 1.65. The van der Waals surface area contributed by atoms with Crippen molar-refractivity contribution >= 4 is 5.91 Å². The Morgan fingerprint density at radius 2 is 2.00 bits per heavy atom. The zero-order valence-corrected chi connectivity index (χ0v) is 12.4. The topological polar surface area (TPSA) is 62.5 Å². The molecule has 0 aliphatic heterocycles. The highest BCUT2D eigenvalue weighted by molar-refractivity contribution is 5.92. The maximum Gasteiger partial charge on any atom is 0.287 e. The molecule has 0 spiro atoms. The van der Waals surface area contributed by atoms with E-state index in [-0.39, 0.29) is 18.6 Å². The second-order valence-electron chi connectivity index (χ2n) is 5.64. The number of aliphatic hydroxyl groups excluding tert-OH is 1. The number of hydrogen-bond donors (Lipinski definition) is 2. The van der Waals surface area contributed by atoms with Gasteiger partial charge >= 0.3 is 0 Å². The van der Waals surface area contributed by atoms with Gasteiger partial charge in [0.05, 0.1) is 0 Å². The molecular formula is C16H25NO3. The summed E-state index contributed by atoms with van der Waals surface area (Å²) in [5, 5.41) is 12.2. The normalized spacial score (nSPS) is 22.8. The zero-order valence-electron chi connectivity index (χ0n) is 12.4. The molecule has 0 bridgehead atoms. The van der Waals surface area contributed by atoms with E-state index in [1.807, 2.05) is 13.0 Å². The Balaban J connectivity index is 1.93. The quantitative estimate of drug-likeness (QED) is 0.871. The minimum absolute atomic E-state index is 0.105. The van der Waals surface area contributed by atoms with Crippen LogP contribution in [-0.4, -0.2) is 23.7 Å². The van der Waals surface area contributed by atoms with Crippen LogP contribution in [0.15, 0.2) is 10.5 Å². The first kappa shape index (κ1) is 15.1. The number of aliphatic hydroxyl groups is 1. The van der Waals surface area contributed by atoms with Crippen LogP contribution in [0.25, 0.3) is 0 Å². The first-order chi connectivity index (χ1) is 9.67. The Hall–Kier alpha value is -1.29. The van der Waals surface area contributed by atoms with E-state index in [1.54, 1.807) is 0 Å². The molecule has 0 radical (unpaired) electrons. The molecule has 1 aliphatic carbocycles. The lowest BCUT2D eigenvalue weighted by atomic mass is 9.86. The Labute approximate surface area is 120 Å². The van der Waals surface area contributed by atoms with Gasteiger partial charge in [-0.25, -0.2) is 0 Å². The average molecular weight is 279 g/mol. The van der Waals surface area contributed by atoms with Crippen LogP contribution >= 0.6 is 0 Å². The van der Waals surface area contributed by atoms with Crippen LogP contribution < -0.4 is 5.32 Å². The number of amides is 1. The lowest BCUT2D eigenvalue weighted by Gasteiger charge is -2.27. The summed E-state index contributed by atoms with van der Waals surface area (Å²) in [7, 11) is 0. The standard InChI is InChI=1S/C16H25NO3/c1-3-12-9-15(20-14(12)4-2)16(19)17-13-7-5-11(10-18)6-8-13/h9,11,13,18H,3-8,10H2,1-2H3,(H,17,19). The molecule has 0 unspecified atom stereocenters. The molecule has 1 amide bonds. The van der Waals surface area contributed by atoms with Gasteiger partial charge < -0.3 is 14.8 Å². The van der Waals surface area contributed by atoms with E-state index < -0.39 is 0 Å². The van der Waals surface area contributed by atoms with Gasteiger partial charge in [-0.3, -0.25) is 4.79 Å². The molecule has 20 heavy (non-hydrogen) atoms. The SMILES string of the molecule is CCc1cc(C(=O)NC2CCC(CO)CC2)oc1CC. The summed E-state index contributed by atoms with van der Waals surface area (Å²) >= 11 is 0. The highest BCUT2D eigenvalue weighted by Crippen LogP contribution is 2.24. The van der Waals surface area contributed by atoms with Gasteiger partial charge in [-0.15, -0.1) is 0 Å². The number of rotatable bonds is 5. The van der Waals surface area contributed by atoms with Gasteiger partial charge in [-0.05, 0) is 49.7 Å². The number of aryl methyl sites for hydroxylation is 2. The summed E-state index contributed by atoms with van der Waals surface area (Å²) in [4.78, 5) is 12.2. The molecule has 1 aromatic heterocycles. The number of hydrogen-bond acceptors (Lipinski definition) is 3. The van der Waals surface area contributed by atoms with Crippen molar-refractivity contribution in [1.29, 1.82) is 0 Å². The summed E-state index contributed by atoms with van der Waals surface area (Å²) in [6.07, 6.45) is 5.57. The highest BCUT2D eigenvalue weighted by Gasteiger charge is 2.23. The Morgan fingerprint density at radius 1 is 1.30 bits per heavy atom. The lowest BCUT2D eigenvalue weighted by molar-refractivity contribution is 0.0884. The second kappa shape index (κ2) is 6.93. The molecular weight excluding hydrogens is 254 g/mol. The molecule has 1 fully saturated rings. The fourth-order valence-corrected chi connectivity index (χ4v) is 2.92. The third-order valence-corrected chi connectivity index (χ3v) is 4.26. The molecule has 0 atom stereocenters. The summed E-state index contributed by atoms with van der Waals surface area (Å²) in [6, 6.07) is 2.08. The Kier molecular flexibility index (Phi) is 5.24. The maximum atomic E-state index is 12.2. The summed E-state index contributed by atoms with van der Waals surface area (Å²) in [6.45, 7) is 4.37. The van der Waals surface area contributed by atoms with Gasteiger partial charge in [0.2, 0.25) is 0 Å². The van der Waals surface area contributed by atoms with Crippen LogP contribution in [0, 0.1) is 5.92 Å². The van der Waals surface area contributed by atoms with Crippen LogP contribution in [0.5, 0.6) is 0 Å². The molecule has 1 heterocycles. The van der Waals surface area contributed by atoms with E-state index in [4.69, 9.17) is 9.52 Å². The minimum Gasteiger partial charge on any atom is -0.456 e. The van der Waals surface area contributed by atoms with Crippen molar-refractivity contribution in [1.82, 2.24) is 5.32 Å². The van der Waals surface area contributed by atoms with Crippen molar-refractivity contribution in [3.63, 3.8) is 0 Å². The van der Waals surface area contributed by atoms with Crippen molar-refractivity contribution in [2.45, 2.75) is 58.4 Å². The van der Waals surface area contributed by atoms with Gasteiger partial charge in [0, 0.05) is 19.1 Å². The molecule has 4 heteroatoms. The fraction of sp³-hybridized carbons (Fsp3) is 0.688. The van der Waals surface area contributed by atoms with E-state index in [1.165, 1.54) is 0 Å². The van der Waals surface area contributed by atoms with Crippen LogP contribution in [0.1, 0.15) is 61.4 Å².